The molecule has 27 heavy (non-hydrogen) atoms. The Labute approximate surface area is 158 Å². The summed E-state index contributed by atoms with van der Waals surface area (Å²) in [5, 5.41) is 9.68. The zero-order valence-electron chi connectivity index (χ0n) is 15.1. The number of nitrogens with zero attached hydrogens (tertiary/aromatic N) is 1. The van der Waals surface area contributed by atoms with Gasteiger partial charge in [0.1, 0.15) is 0 Å². The molecule has 2 saturated carbocycles. The third kappa shape index (κ3) is 3.36. The Morgan fingerprint density at radius 3 is 2.70 bits per heavy atom. The van der Waals surface area contributed by atoms with Crippen LogP contribution in [-0.4, -0.2) is 49.9 Å². The predicted molar refractivity (Wildman–Crippen MR) is 97.7 cm³/mol. The molecule has 146 valence electrons. The van der Waals surface area contributed by atoms with Gasteiger partial charge in [-0.15, -0.1) is 0 Å². The van der Waals surface area contributed by atoms with Crippen LogP contribution < -0.4 is 4.72 Å². The summed E-state index contributed by atoms with van der Waals surface area (Å²) in [6, 6.07) is 6.01. The largest absolute Gasteiger partial charge is 0.481 e. The highest BCUT2D eigenvalue weighted by Gasteiger charge is 2.55. The molecule has 2 aliphatic carbocycles. The second kappa shape index (κ2) is 6.60. The molecular formula is C19H24N2O5S. The number of hydrogen-bond acceptors (Lipinski definition) is 4. The van der Waals surface area contributed by atoms with Gasteiger partial charge in [-0.05, 0) is 55.7 Å². The number of carboxylic acids is 1. The van der Waals surface area contributed by atoms with Crippen molar-refractivity contribution < 1.29 is 23.1 Å². The zero-order valence-corrected chi connectivity index (χ0v) is 15.9. The molecule has 0 aromatic heterocycles. The number of nitrogens with one attached hydrogen (secondary N) is 1. The summed E-state index contributed by atoms with van der Waals surface area (Å²) < 4.78 is 27.5. The Bertz CT molecular complexity index is 880. The minimum Gasteiger partial charge on any atom is -0.481 e. The van der Waals surface area contributed by atoms with Crippen molar-refractivity contribution in [2.75, 3.05) is 19.6 Å². The van der Waals surface area contributed by atoms with Crippen molar-refractivity contribution >= 4 is 21.9 Å². The molecule has 1 aromatic carbocycles. The maximum Gasteiger partial charge on any atom is 0.311 e. The van der Waals surface area contributed by atoms with Crippen molar-refractivity contribution in [1.82, 2.24) is 9.62 Å². The first-order valence-corrected chi connectivity index (χ1v) is 10.9. The maximum absolute atomic E-state index is 12.9. The van der Waals surface area contributed by atoms with Gasteiger partial charge >= 0.3 is 5.97 Å². The molecule has 0 spiro atoms. The Morgan fingerprint density at radius 2 is 2.04 bits per heavy atom. The van der Waals surface area contributed by atoms with Gasteiger partial charge in [0.25, 0.3) is 5.91 Å². The van der Waals surface area contributed by atoms with Gasteiger partial charge < -0.3 is 10.0 Å². The zero-order chi connectivity index (χ0) is 19.2. The number of likely N-dealkylation sites (tertiary alicyclic amines) is 1. The standard InChI is InChI=1S/C19H24N2O5S/c22-17(21-11-15-4-2-8-19(15,12-21)18(23)24)14-3-1-5-16(9-14)27(25,26)20-10-13-6-7-13/h1,3,5,9,13,15,20H,2,4,6-8,10-12H2,(H,23,24)/t15-,19+/m0/s1. The lowest BCUT2D eigenvalue weighted by molar-refractivity contribution is -0.149. The van der Waals surface area contributed by atoms with Crippen LogP contribution in [0.2, 0.25) is 0 Å². The van der Waals surface area contributed by atoms with Crippen LogP contribution in [-0.2, 0) is 14.8 Å². The number of fused-ring (bicyclic) bond motifs is 1. The Kier molecular flexibility index (Phi) is 4.50. The average Bonchev–Trinajstić information content (AvgIpc) is 3.27. The number of aliphatic carboxylic acids is 1. The van der Waals surface area contributed by atoms with Crippen molar-refractivity contribution in [3.63, 3.8) is 0 Å². The average molecular weight is 392 g/mol. The molecule has 2 atom stereocenters. The number of amides is 1. The number of benzene rings is 1. The molecule has 1 aliphatic heterocycles. The first-order chi connectivity index (χ1) is 12.8. The lowest BCUT2D eigenvalue weighted by Gasteiger charge is -2.23. The summed E-state index contributed by atoms with van der Waals surface area (Å²) in [6.07, 6.45) is 4.37. The monoisotopic (exact) mass is 392 g/mol. The summed E-state index contributed by atoms with van der Waals surface area (Å²) in [5.41, 5.74) is -0.560. The molecular weight excluding hydrogens is 368 g/mol. The SMILES string of the molecule is O=C(c1cccc(S(=O)(=O)NCC2CC2)c1)N1C[C@@H]2CCC[C@@]2(C(=O)O)C1. The van der Waals surface area contributed by atoms with E-state index >= 15 is 0 Å². The lowest BCUT2D eigenvalue weighted by atomic mass is 9.81. The van der Waals surface area contributed by atoms with Crippen molar-refractivity contribution in [3.8, 4) is 0 Å². The molecule has 1 amide bonds. The summed E-state index contributed by atoms with van der Waals surface area (Å²) in [6.45, 7) is 1.04. The van der Waals surface area contributed by atoms with Crippen LogP contribution in [0.15, 0.2) is 29.2 Å². The molecule has 7 nitrogen and oxygen atoms in total. The fourth-order valence-corrected chi connectivity index (χ4v) is 5.57. The van der Waals surface area contributed by atoms with E-state index in [1.807, 2.05) is 0 Å². The summed E-state index contributed by atoms with van der Waals surface area (Å²) in [4.78, 5) is 26.4. The van der Waals surface area contributed by atoms with Gasteiger partial charge in [-0.2, -0.15) is 0 Å². The van der Waals surface area contributed by atoms with Crippen molar-refractivity contribution in [2.45, 2.75) is 37.0 Å². The van der Waals surface area contributed by atoms with E-state index in [0.717, 1.165) is 25.7 Å². The Morgan fingerprint density at radius 1 is 1.26 bits per heavy atom. The van der Waals surface area contributed by atoms with Gasteiger partial charge in [0, 0.05) is 25.2 Å². The van der Waals surface area contributed by atoms with E-state index < -0.39 is 21.4 Å². The van der Waals surface area contributed by atoms with Crippen LogP contribution in [0.5, 0.6) is 0 Å². The first-order valence-electron chi connectivity index (χ1n) is 9.44. The molecule has 0 radical (unpaired) electrons. The highest BCUT2D eigenvalue weighted by molar-refractivity contribution is 7.89. The normalized spacial score (nSPS) is 27.6. The highest BCUT2D eigenvalue weighted by Crippen LogP contribution is 2.49. The van der Waals surface area contributed by atoms with Crippen molar-refractivity contribution in [2.24, 2.45) is 17.3 Å². The van der Waals surface area contributed by atoms with E-state index in [0.29, 0.717) is 25.4 Å². The number of carboxylic acid groups (broad SMARTS) is 1. The smallest absolute Gasteiger partial charge is 0.311 e. The topological polar surface area (TPSA) is 104 Å². The Hall–Kier alpha value is -1.93. The van der Waals surface area contributed by atoms with Gasteiger partial charge in [0.05, 0.1) is 10.3 Å². The van der Waals surface area contributed by atoms with Crippen LogP contribution in [0.3, 0.4) is 0 Å². The molecule has 1 heterocycles. The summed E-state index contributed by atoms with van der Waals surface area (Å²) >= 11 is 0. The van der Waals surface area contributed by atoms with E-state index in [9.17, 15) is 23.1 Å². The third-order valence-corrected chi connectivity index (χ3v) is 7.66. The Balaban J connectivity index is 1.52. The van der Waals surface area contributed by atoms with E-state index in [1.54, 1.807) is 17.0 Å². The maximum atomic E-state index is 12.9. The summed E-state index contributed by atoms with van der Waals surface area (Å²) in [7, 11) is -3.65. The molecule has 0 unspecified atom stereocenters. The molecule has 2 N–H and O–H groups in total. The second-order valence-corrected chi connectivity index (χ2v) is 9.83. The lowest BCUT2D eigenvalue weighted by Crippen LogP contribution is -2.37. The molecule has 0 bridgehead atoms. The first kappa shape index (κ1) is 18.4. The second-order valence-electron chi connectivity index (χ2n) is 8.06. The minimum absolute atomic E-state index is 0.0222. The van der Waals surface area contributed by atoms with Crippen LogP contribution in [0.25, 0.3) is 0 Å². The van der Waals surface area contributed by atoms with E-state index in [2.05, 4.69) is 4.72 Å². The van der Waals surface area contributed by atoms with Gasteiger partial charge in [0.15, 0.2) is 0 Å². The fraction of sp³-hybridized carbons (Fsp3) is 0.579. The van der Waals surface area contributed by atoms with Gasteiger partial charge in [-0.3, -0.25) is 9.59 Å². The molecule has 3 fully saturated rings. The van der Waals surface area contributed by atoms with Crippen LogP contribution in [0, 0.1) is 17.3 Å². The molecule has 3 aliphatic rings. The minimum atomic E-state index is -3.65. The number of hydrogen-bond donors (Lipinski definition) is 2. The number of carbonyl (C=O) groups is 2. The highest BCUT2D eigenvalue weighted by atomic mass is 32.2. The van der Waals surface area contributed by atoms with Gasteiger partial charge in [-0.1, -0.05) is 12.5 Å². The van der Waals surface area contributed by atoms with E-state index in [4.69, 9.17) is 0 Å². The summed E-state index contributed by atoms with van der Waals surface area (Å²) in [5.74, 6) is -0.739. The fourth-order valence-electron chi connectivity index (χ4n) is 4.41. The van der Waals surface area contributed by atoms with Crippen molar-refractivity contribution in [1.29, 1.82) is 0 Å². The number of rotatable bonds is 6. The van der Waals surface area contributed by atoms with Crippen molar-refractivity contribution in [3.05, 3.63) is 29.8 Å². The van der Waals surface area contributed by atoms with Crippen LogP contribution in [0.4, 0.5) is 0 Å². The predicted octanol–water partition coefficient (Wildman–Crippen LogP) is 1.70. The van der Waals surface area contributed by atoms with E-state index in [1.165, 1.54) is 12.1 Å². The molecule has 1 saturated heterocycles. The third-order valence-electron chi connectivity index (χ3n) is 6.23. The molecule has 8 heteroatoms. The van der Waals surface area contributed by atoms with E-state index in [-0.39, 0.29) is 28.8 Å². The van der Waals surface area contributed by atoms with Gasteiger partial charge in [0.2, 0.25) is 10.0 Å². The number of sulfonamides is 1. The van der Waals surface area contributed by atoms with Gasteiger partial charge in [-0.25, -0.2) is 13.1 Å². The van der Waals surface area contributed by atoms with Crippen LogP contribution in [0.1, 0.15) is 42.5 Å². The number of carbonyl (C=O) groups excluding carboxylic acids is 1. The molecule has 1 aromatic rings. The van der Waals surface area contributed by atoms with Crippen LogP contribution >= 0.6 is 0 Å². The molecule has 4 rings (SSSR count). The quantitative estimate of drug-likeness (QED) is 0.767.